The molecule has 0 amide bonds. The number of ether oxygens (including phenoxy) is 1. The third-order valence-electron chi connectivity index (χ3n) is 3.64. The van der Waals surface area contributed by atoms with Crippen LogP contribution in [-0.2, 0) is 6.54 Å². The highest BCUT2D eigenvalue weighted by Gasteiger charge is 2.22. The monoisotopic (exact) mass is 278 g/mol. The van der Waals surface area contributed by atoms with Gasteiger partial charge in [0.2, 0.25) is 0 Å². The summed E-state index contributed by atoms with van der Waals surface area (Å²) >= 11 is 0. The van der Waals surface area contributed by atoms with Crippen molar-refractivity contribution in [3.05, 3.63) is 29.8 Å². The van der Waals surface area contributed by atoms with Gasteiger partial charge in [0, 0.05) is 39.3 Å². The van der Waals surface area contributed by atoms with Crippen molar-refractivity contribution in [3.8, 4) is 5.75 Å². The average Bonchev–Trinajstić information content (AvgIpc) is 2.40. The second-order valence-corrected chi connectivity index (χ2v) is 6.21. The largest absolute Gasteiger partial charge is 0.497 e. The van der Waals surface area contributed by atoms with Gasteiger partial charge in [-0.2, -0.15) is 0 Å². The lowest BCUT2D eigenvalue weighted by Crippen LogP contribution is -2.50. The van der Waals surface area contributed by atoms with Gasteiger partial charge in [-0.3, -0.25) is 9.80 Å². The van der Waals surface area contributed by atoms with Crippen molar-refractivity contribution in [1.29, 1.82) is 0 Å². The maximum atomic E-state index is 9.85. The van der Waals surface area contributed by atoms with Crippen LogP contribution in [0.15, 0.2) is 24.3 Å². The number of hydrogen-bond acceptors (Lipinski definition) is 4. The summed E-state index contributed by atoms with van der Waals surface area (Å²) in [4.78, 5) is 4.80. The molecule has 0 saturated carbocycles. The van der Waals surface area contributed by atoms with Crippen LogP contribution < -0.4 is 4.74 Å². The molecule has 1 fully saturated rings. The van der Waals surface area contributed by atoms with E-state index in [2.05, 4.69) is 21.9 Å². The van der Waals surface area contributed by atoms with Crippen molar-refractivity contribution in [3.63, 3.8) is 0 Å². The average molecular weight is 278 g/mol. The standard InChI is InChI=1S/C16H26N2O2/c1-16(2,19)13-18-10-8-17(9-11-18)12-14-4-6-15(20-3)7-5-14/h4-7,19H,8-13H2,1-3H3. The summed E-state index contributed by atoms with van der Waals surface area (Å²) in [5.74, 6) is 0.906. The molecule has 0 atom stereocenters. The number of rotatable bonds is 5. The van der Waals surface area contributed by atoms with Gasteiger partial charge in [0.1, 0.15) is 5.75 Å². The van der Waals surface area contributed by atoms with E-state index in [9.17, 15) is 5.11 Å². The molecular weight excluding hydrogens is 252 g/mol. The molecule has 0 radical (unpaired) electrons. The predicted molar refractivity (Wildman–Crippen MR) is 81.0 cm³/mol. The Morgan fingerprint density at radius 3 is 2.10 bits per heavy atom. The molecule has 0 aromatic heterocycles. The summed E-state index contributed by atoms with van der Waals surface area (Å²) in [7, 11) is 1.69. The molecule has 2 rings (SSSR count). The van der Waals surface area contributed by atoms with Crippen LogP contribution in [0.4, 0.5) is 0 Å². The van der Waals surface area contributed by atoms with Crippen molar-refractivity contribution in [2.24, 2.45) is 0 Å². The van der Waals surface area contributed by atoms with E-state index in [1.807, 2.05) is 26.0 Å². The molecule has 4 heteroatoms. The number of benzene rings is 1. The molecular formula is C16H26N2O2. The molecule has 0 unspecified atom stereocenters. The zero-order valence-corrected chi connectivity index (χ0v) is 12.8. The van der Waals surface area contributed by atoms with Crippen LogP contribution in [-0.4, -0.2) is 60.3 Å². The van der Waals surface area contributed by atoms with Crippen LogP contribution in [0.1, 0.15) is 19.4 Å². The van der Waals surface area contributed by atoms with E-state index >= 15 is 0 Å². The molecule has 1 aliphatic heterocycles. The van der Waals surface area contributed by atoms with Crippen LogP contribution in [0.5, 0.6) is 5.75 Å². The smallest absolute Gasteiger partial charge is 0.118 e. The SMILES string of the molecule is COc1ccc(CN2CCN(CC(C)(C)O)CC2)cc1. The van der Waals surface area contributed by atoms with E-state index in [0.717, 1.165) is 45.0 Å². The predicted octanol–water partition coefficient (Wildman–Crippen LogP) is 1.58. The maximum absolute atomic E-state index is 9.85. The molecule has 0 bridgehead atoms. The fraction of sp³-hybridized carbons (Fsp3) is 0.625. The molecule has 20 heavy (non-hydrogen) atoms. The van der Waals surface area contributed by atoms with Crippen LogP contribution in [0.25, 0.3) is 0 Å². The lowest BCUT2D eigenvalue weighted by Gasteiger charge is -2.37. The highest BCUT2D eigenvalue weighted by Crippen LogP contribution is 2.15. The van der Waals surface area contributed by atoms with Gasteiger partial charge >= 0.3 is 0 Å². The van der Waals surface area contributed by atoms with Crippen molar-refractivity contribution >= 4 is 0 Å². The van der Waals surface area contributed by atoms with E-state index in [1.54, 1.807) is 7.11 Å². The summed E-state index contributed by atoms with van der Waals surface area (Å²) in [6.45, 7) is 9.65. The molecule has 112 valence electrons. The molecule has 0 aliphatic carbocycles. The van der Waals surface area contributed by atoms with E-state index in [0.29, 0.717) is 0 Å². The third kappa shape index (κ3) is 4.78. The van der Waals surface area contributed by atoms with Crippen LogP contribution >= 0.6 is 0 Å². The molecule has 4 nitrogen and oxygen atoms in total. The van der Waals surface area contributed by atoms with Gasteiger partial charge in [0.15, 0.2) is 0 Å². The Balaban J connectivity index is 1.79. The van der Waals surface area contributed by atoms with Crippen LogP contribution in [0, 0.1) is 0 Å². The number of β-amino-alcohol motifs (C(OH)–C–C–N with tert-alkyl or cyclic N) is 1. The highest BCUT2D eigenvalue weighted by atomic mass is 16.5. The van der Waals surface area contributed by atoms with Crippen molar-refractivity contribution in [2.45, 2.75) is 26.0 Å². The Bertz CT molecular complexity index is 403. The number of aliphatic hydroxyl groups is 1. The first kappa shape index (κ1) is 15.3. The Morgan fingerprint density at radius 1 is 1.05 bits per heavy atom. The molecule has 1 saturated heterocycles. The molecule has 1 N–H and O–H groups in total. The Hall–Kier alpha value is -1.10. The van der Waals surface area contributed by atoms with Gasteiger partial charge in [0.25, 0.3) is 0 Å². The van der Waals surface area contributed by atoms with Crippen molar-refractivity contribution in [2.75, 3.05) is 39.8 Å². The lowest BCUT2D eigenvalue weighted by atomic mass is 10.1. The van der Waals surface area contributed by atoms with Gasteiger partial charge in [-0.1, -0.05) is 12.1 Å². The third-order valence-corrected chi connectivity index (χ3v) is 3.64. The van der Waals surface area contributed by atoms with Crippen molar-refractivity contribution < 1.29 is 9.84 Å². The van der Waals surface area contributed by atoms with Gasteiger partial charge < -0.3 is 9.84 Å². The van der Waals surface area contributed by atoms with Gasteiger partial charge in [-0.15, -0.1) is 0 Å². The second-order valence-electron chi connectivity index (χ2n) is 6.21. The molecule has 1 heterocycles. The fourth-order valence-corrected chi connectivity index (χ4v) is 2.64. The normalized spacial score (nSPS) is 18.2. The first-order chi connectivity index (χ1) is 9.46. The number of piperazine rings is 1. The molecule has 1 aromatic rings. The highest BCUT2D eigenvalue weighted by molar-refractivity contribution is 5.27. The zero-order valence-electron chi connectivity index (χ0n) is 12.8. The number of hydrogen-bond donors (Lipinski definition) is 1. The lowest BCUT2D eigenvalue weighted by molar-refractivity contribution is 0.0167. The zero-order chi connectivity index (χ0) is 14.6. The van der Waals surface area contributed by atoms with E-state index in [4.69, 9.17) is 4.74 Å². The van der Waals surface area contributed by atoms with Crippen LogP contribution in [0.2, 0.25) is 0 Å². The molecule has 1 aliphatic rings. The summed E-state index contributed by atoms with van der Waals surface area (Å²) in [6.07, 6.45) is 0. The second kappa shape index (κ2) is 6.57. The summed E-state index contributed by atoms with van der Waals surface area (Å²) < 4.78 is 5.18. The summed E-state index contributed by atoms with van der Waals surface area (Å²) in [5, 5.41) is 9.85. The summed E-state index contributed by atoms with van der Waals surface area (Å²) in [5.41, 5.74) is 0.722. The first-order valence-electron chi connectivity index (χ1n) is 7.26. The Morgan fingerprint density at radius 2 is 1.60 bits per heavy atom. The molecule has 0 spiro atoms. The van der Waals surface area contributed by atoms with Crippen molar-refractivity contribution in [1.82, 2.24) is 9.80 Å². The fourth-order valence-electron chi connectivity index (χ4n) is 2.64. The minimum atomic E-state index is -0.599. The quantitative estimate of drug-likeness (QED) is 0.887. The van der Waals surface area contributed by atoms with E-state index < -0.39 is 5.60 Å². The minimum Gasteiger partial charge on any atom is -0.497 e. The molecule has 1 aromatic carbocycles. The minimum absolute atomic E-state index is 0.599. The summed E-state index contributed by atoms with van der Waals surface area (Å²) in [6, 6.07) is 8.28. The number of methoxy groups -OCH3 is 1. The van der Waals surface area contributed by atoms with Crippen LogP contribution in [0.3, 0.4) is 0 Å². The van der Waals surface area contributed by atoms with Gasteiger partial charge in [0.05, 0.1) is 12.7 Å². The van der Waals surface area contributed by atoms with Gasteiger partial charge in [-0.05, 0) is 31.5 Å². The Labute approximate surface area is 122 Å². The Kier molecular flexibility index (Phi) is 5.02. The maximum Gasteiger partial charge on any atom is 0.118 e. The van der Waals surface area contributed by atoms with E-state index in [1.165, 1.54) is 5.56 Å². The first-order valence-corrected chi connectivity index (χ1v) is 7.26. The van der Waals surface area contributed by atoms with E-state index in [-0.39, 0.29) is 0 Å². The topological polar surface area (TPSA) is 35.9 Å². The van der Waals surface area contributed by atoms with Gasteiger partial charge in [-0.25, -0.2) is 0 Å². The number of nitrogens with zero attached hydrogens (tertiary/aromatic N) is 2.